The van der Waals surface area contributed by atoms with Gasteiger partial charge < -0.3 is 10.1 Å². The van der Waals surface area contributed by atoms with Crippen LogP contribution in [-0.2, 0) is 4.74 Å². The van der Waals surface area contributed by atoms with Crippen LogP contribution in [0.5, 0.6) is 0 Å². The van der Waals surface area contributed by atoms with Crippen molar-refractivity contribution in [1.82, 2.24) is 4.98 Å². The molecule has 0 saturated heterocycles. The highest BCUT2D eigenvalue weighted by Crippen LogP contribution is 2.30. The van der Waals surface area contributed by atoms with E-state index in [1.165, 1.54) is 0 Å². The number of nitrogens with one attached hydrogen (secondary N) is 1. The van der Waals surface area contributed by atoms with E-state index in [9.17, 15) is 18.9 Å². The van der Waals surface area contributed by atoms with Crippen molar-refractivity contribution in [3.05, 3.63) is 26.3 Å². The third-order valence-corrected chi connectivity index (χ3v) is 3.19. The molecule has 0 aliphatic carbocycles. The lowest BCUT2D eigenvalue weighted by Gasteiger charge is -2.09. The van der Waals surface area contributed by atoms with Gasteiger partial charge in [-0.25, -0.2) is 13.8 Å². The number of hydrogen-bond acceptors (Lipinski definition) is 5. The highest BCUT2D eigenvalue weighted by Gasteiger charge is 2.16. The molecule has 1 aromatic rings. The summed E-state index contributed by atoms with van der Waals surface area (Å²) in [4.78, 5) is 14.0. The molecule has 1 rings (SSSR count). The molecule has 0 fully saturated rings. The van der Waals surface area contributed by atoms with Gasteiger partial charge in [0.15, 0.2) is 0 Å². The van der Waals surface area contributed by atoms with Crippen molar-refractivity contribution in [2.24, 2.45) is 0 Å². The second-order valence-electron chi connectivity index (χ2n) is 3.58. The average Bonchev–Trinajstić information content (AvgIpc) is 2.33. The standard InChI is InChI=1S/C10H12BrF2N3O3/c1-6-7(16(17)18)4-15-10(9(6)11)14-2-3-19-5-8(12)13/h4,8H,2-3,5H2,1H3,(H,14,15). The molecule has 0 aliphatic heterocycles. The van der Waals surface area contributed by atoms with Crippen LogP contribution in [0.25, 0.3) is 0 Å². The predicted molar refractivity (Wildman–Crippen MR) is 68.6 cm³/mol. The van der Waals surface area contributed by atoms with E-state index in [1.54, 1.807) is 6.92 Å². The summed E-state index contributed by atoms with van der Waals surface area (Å²) >= 11 is 3.20. The minimum absolute atomic E-state index is 0.0913. The molecule has 1 aromatic heterocycles. The molecule has 0 amide bonds. The summed E-state index contributed by atoms with van der Waals surface area (Å²) in [5.74, 6) is 0.406. The normalized spacial score (nSPS) is 10.8. The fraction of sp³-hybridized carbons (Fsp3) is 0.500. The Morgan fingerprint density at radius 2 is 2.32 bits per heavy atom. The van der Waals surface area contributed by atoms with Gasteiger partial charge in [0.2, 0.25) is 0 Å². The summed E-state index contributed by atoms with van der Waals surface area (Å²) in [6.07, 6.45) is -1.35. The zero-order valence-electron chi connectivity index (χ0n) is 10.0. The van der Waals surface area contributed by atoms with E-state index in [2.05, 4.69) is 31.0 Å². The Kier molecular flexibility index (Phi) is 6.03. The first-order valence-electron chi connectivity index (χ1n) is 5.32. The Morgan fingerprint density at radius 1 is 1.63 bits per heavy atom. The van der Waals surface area contributed by atoms with Crippen molar-refractivity contribution < 1.29 is 18.4 Å². The number of pyridine rings is 1. The van der Waals surface area contributed by atoms with Gasteiger partial charge in [0.05, 0.1) is 16.0 Å². The maximum Gasteiger partial charge on any atom is 0.291 e. The molecule has 19 heavy (non-hydrogen) atoms. The zero-order chi connectivity index (χ0) is 14.4. The molecule has 0 unspecified atom stereocenters. The lowest BCUT2D eigenvalue weighted by Crippen LogP contribution is -2.14. The predicted octanol–water partition coefficient (Wildman–Crippen LogP) is 2.75. The van der Waals surface area contributed by atoms with Crippen LogP contribution in [0, 0.1) is 17.0 Å². The number of alkyl halides is 2. The van der Waals surface area contributed by atoms with E-state index in [0.29, 0.717) is 15.9 Å². The Hall–Kier alpha value is -1.35. The van der Waals surface area contributed by atoms with Crippen molar-refractivity contribution in [2.45, 2.75) is 13.3 Å². The number of nitrogens with zero attached hydrogens (tertiary/aromatic N) is 2. The number of aromatic nitrogens is 1. The van der Waals surface area contributed by atoms with Crippen LogP contribution < -0.4 is 5.32 Å². The second-order valence-corrected chi connectivity index (χ2v) is 4.37. The largest absolute Gasteiger partial charge is 0.374 e. The third-order valence-electron chi connectivity index (χ3n) is 2.22. The van der Waals surface area contributed by atoms with Crippen molar-refractivity contribution in [3.8, 4) is 0 Å². The van der Waals surface area contributed by atoms with Gasteiger partial charge >= 0.3 is 0 Å². The van der Waals surface area contributed by atoms with Crippen LogP contribution in [-0.4, -0.2) is 36.1 Å². The van der Waals surface area contributed by atoms with Crippen LogP contribution >= 0.6 is 15.9 Å². The fourth-order valence-corrected chi connectivity index (χ4v) is 1.74. The summed E-state index contributed by atoms with van der Waals surface area (Å²) in [6.45, 7) is 1.34. The van der Waals surface area contributed by atoms with E-state index in [4.69, 9.17) is 0 Å². The molecule has 0 atom stereocenters. The molecule has 1 heterocycles. The van der Waals surface area contributed by atoms with Gasteiger partial charge in [-0.15, -0.1) is 0 Å². The van der Waals surface area contributed by atoms with Gasteiger partial charge in [0, 0.05) is 12.1 Å². The Labute approximate surface area is 116 Å². The average molecular weight is 340 g/mol. The number of ether oxygens (including phenoxy) is 1. The van der Waals surface area contributed by atoms with E-state index in [-0.39, 0.29) is 18.8 Å². The first-order chi connectivity index (χ1) is 8.93. The number of rotatable bonds is 7. The second kappa shape index (κ2) is 7.29. The minimum atomic E-state index is -2.49. The Balaban J connectivity index is 2.56. The summed E-state index contributed by atoms with van der Waals surface area (Å²) < 4.78 is 28.7. The van der Waals surface area contributed by atoms with Crippen molar-refractivity contribution in [2.75, 3.05) is 25.1 Å². The van der Waals surface area contributed by atoms with Crippen LogP contribution in [0.15, 0.2) is 10.7 Å². The van der Waals surface area contributed by atoms with E-state index >= 15 is 0 Å². The molecule has 106 valence electrons. The molecule has 0 aromatic carbocycles. The topological polar surface area (TPSA) is 77.3 Å². The Morgan fingerprint density at radius 3 is 2.89 bits per heavy atom. The van der Waals surface area contributed by atoms with E-state index in [0.717, 1.165) is 6.20 Å². The summed E-state index contributed by atoms with van der Waals surface area (Å²) in [7, 11) is 0. The quantitative estimate of drug-likeness (QED) is 0.469. The molecule has 0 bridgehead atoms. The highest BCUT2D eigenvalue weighted by atomic mass is 79.9. The maximum atomic E-state index is 11.8. The Bertz CT molecular complexity index is 460. The van der Waals surface area contributed by atoms with Gasteiger partial charge in [-0.2, -0.15) is 0 Å². The van der Waals surface area contributed by atoms with Gasteiger partial charge in [-0.05, 0) is 22.9 Å². The molecular formula is C10H12BrF2N3O3. The summed E-state index contributed by atoms with van der Waals surface area (Å²) in [6, 6.07) is 0. The lowest BCUT2D eigenvalue weighted by atomic mass is 10.2. The SMILES string of the molecule is Cc1c([N+](=O)[O-])cnc(NCCOCC(F)F)c1Br. The molecule has 1 N–H and O–H groups in total. The molecule has 6 nitrogen and oxygen atoms in total. The monoisotopic (exact) mass is 339 g/mol. The van der Waals surface area contributed by atoms with Gasteiger partial charge in [-0.3, -0.25) is 10.1 Å². The number of anilines is 1. The lowest BCUT2D eigenvalue weighted by molar-refractivity contribution is -0.385. The fourth-order valence-electron chi connectivity index (χ4n) is 1.29. The smallest absolute Gasteiger partial charge is 0.291 e. The third kappa shape index (κ3) is 4.67. The van der Waals surface area contributed by atoms with Crippen molar-refractivity contribution in [3.63, 3.8) is 0 Å². The van der Waals surface area contributed by atoms with Crippen LogP contribution in [0.1, 0.15) is 5.56 Å². The summed E-state index contributed by atoms with van der Waals surface area (Å²) in [5.41, 5.74) is 0.349. The first-order valence-corrected chi connectivity index (χ1v) is 6.12. The van der Waals surface area contributed by atoms with Crippen LogP contribution in [0.4, 0.5) is 20.3 Å². The zero-order valence-corrected chi connectivity index (χ0v) is 11.6. The number of nitro groups is 1. The molecule has 0 radical (unpaired) electrons. The van der Waals surface area contributed by atoms with Crippen LogP contribution in [0.3, 0.4) is 0 Å². The number of halogens is 3. The minimum Gasteiger partial charge on any atom is -0.374 e. The molecular weight excluding hydrogens is 328 g/mol. The van der Waals surface area contributed by atoms with Gasteiger partial charge in [-0.1, -0.05) is 0 Å². The molecule has 9 heteroatoms. The van der Waals surface area contributed by atoms with Crippen molar-refractivity contribution >= 4 is 27.4 Å². The van der Waals surface area contributed by atoms with Gasteiger partial charge in [0.1, 0.15) is 18.6 Å². The first kappa shape index (κ1) is 15.7. The van der Waals surface area contributed by atoms with E-state index < -0.39 is 18.0 Å². The van der Waals surface area contributed by atoms with Gasteiger partial charge in [0.25, 0.3) is 12.1 Å². The van der Waals surface area contributed by atoms with Crippen LogP contribution in [0.2, 0.25) is 0 Å². The van der Waals surface area contributed by atoms with Crippen molar-refractivity contribution in [1.29, 1.82) is 0 Å². The van der Waals surface area contributed by atoms with E-state index in [1.807, 2.05) is 0 Å². The molecule has 0 saturated carbocycles. The molecule has 0 spiro atoms. The molecule has 0 aliphatic rings. The highest BCUT2D eigenvalue weighted by molar-refractivity contribution is 9.10. The number of hydrogen-bond donors (Lipinski definition) is 1. The maximum absolute atomic E-state index is 11.8. The summed E-state index contributed by atoms with van der Waals surface area (Å²) in [5, 5.41) is 13.5.